The smallest absolute Gasteiger partial charge is 0.264 e. The zero-order chi connectivity index (χ0) is 15.7. The van der Waals surface area contributed by atoms with Gasteiger partial charge in [-0.15, -0.1) is 0 Å². The van der Waals surface area contributed by atoms with Gasteiger partial charge in [-0.2, -0.15) is 0 Å². The van der Waals surface area contributed by atoms with Crippen molar-refractivity contribution in [2.24, 2.45) is 5.73 Å². The molecule has 1 aromatic carbocycles. The Morgan fingerprint density at radius 3 is 2.68 bits per heavy atom. The van der Waals surface area contributed by atoms with Gasteiger partial charge in [0.2, 0.25) is 0 Å². The molecule has 0 bridgehead atoms. The van der Waals surface area contributed by atoms with Gasteiger partial charge in [-0.3, -0.25) is 9.59 Å². The molecular formula is C16H18N4O2. The molecule has 3 rings (SSSR count). The highest BCUT2D eigenvalue weighted by atomic mass is 16.2. The number of rotatable bonds is 2. The second-order valence-electron chi connectivity index (χ2n) is 5.64. The summed E-state index contributed by atoms with van der Waals surface area (Å²) in [7, 11) is 0. The summed E-state index contributed by atoms with van der Waals surface area (Å²) >= 11 is 0. The van der Waals surface area contributed by atoms with Gasteiger partial charge in [0.1, 0.15) is 11.4 Å². The van der Waals surface area contributed by atoms with Crippen LogP contribution in [0.4, 0.5) is 0 Å². The number of hydrogen-bond acceptors (Lipinski definition) is 4. The van der Waals surface area contributed by atoms with Crippen LogP contribution in [0.1, 0.15) is 22.3 Å². The Bertz CT molecular complexity index is 751. The number of H-pyrrole nitrogens is 1. The van der Waals surface area contributed by atoms with Gasteiger partial charge in [0.05, 0.1) is 0 Å². The molecule has 0 radical (unpaired) electrons. The fourth-order valence-electron chi connectivity index (χ4n) is 2.55. The first-order valence-electron chi connectivity index (χ1n) is 7.26. The van der Waals surface area contributed by atoms with E-state index in [-0.39, 0.29) is 17.5 Å². The van der Waals surface area contributed by atoms with E-state index in [2.05, 4.69) is 9.97 Å². The topological polar surface area (TPSA) is 92.1 Å². The van der Waals surface area contributed by atoms with Crippen molar-refractivity contribution in [2.75, 3.05) is 13.1 Å². The van der Waals surface area contributed by atoms with Crippen LogP contribution >= 0.6 is 0 Å². The van der Waals surface area contributed by atoms with Crippen molar-refractivity contribution in [3.05, 3.63) is 51.9 Å². The summed E-state index contributed by atoms with van der Waals surface area (Å²) in [5, 5.41) is 0. The molecule has 2 aromatic rings. The van der Waals surface area contributed by atoms with Crippen molar-refractivity contribution in [1.29, 1.82) is 0 Å². The molecule has 1 aliphatic rings. The Balaban J connectivity index is 1.88. The third kappa shape index (κ3) is 2.78. The molecule has 1 aliphatic heterocycles. The molecule has 1 fully saturated rings. The molecule has 1 unspecified atom stereocenters. The number of carbonyl (C=O) groups is 1. The van der Waals surface area contributed by atoms with E-state index in [9.17, 15) is 9.59 Å². The largest absolute Gasteiger partial charge is 0.337 e. The maximum absolute atomic E-state index is 12.3. The first kappa shape index (κ1) is 14.5. The number of carbonyl (C=O) groups excluding carboxylic acids is 1. The fraction of sp³-hybridized carbons (Fsp3) is 0.312. The van der Waals surface area contributed by atoms with E-state index in [1.54, 1.807) is 4.90 Å². The van der Waals surface area contributed by atoms with Gasteiger partial charge in [0, 0.05) is 30.9 Å². The highest BCUT2D eigenvalue weighted by Crippen LogP contribution is 2.15. The van der Waals surface area contributed by atoms with Crippen molar-refractivity contribution >= 4 is 5.91 Å². The van der Waals surface area contributed by atoms with Crippen molar-refractivity contribution in [1.82, 2.24) is 14.9 Å². The van der Waals surface area contributed by atoms with Gasteiger partial charge in [0.15, 0.2) is 0 Å². The van der Waals surface area contributed by atoms with Gasteiger partial charge in [-0.25, -0.2) is 4.98 Å². The molecule has 6 nitrogen and oxygen atoms in total. The minimum absolute atomic E-state index is 0.0113. The molecule has 1 amide bonds. The van der Waals surface area contributed by atoms with Crippen LogP contribution in [0.25, 0.3) is 11.4 Å². The van der Waals surface area contributed by atoms with E-state index in [1.807, 2.05) is 31.2 Å². The lowest BCUT2D eigenvalue weighted by Gasteiger charge is -2.15. The number of aromatic amines is 1. The molecule has 0 aliphatic carbocycles. The predicted octanol–water partition coefficient (Wildman–Crippen LogP) is 0.919. The molecule has 3 N–H and O–H groups in total. The Morgan fingerprint density at radius 1 is 1.36 bits per heavy atom. The van der Waals surface area contributed by atoms with E-state index in [0.29, 0.717) is 18.9 Å². The Hall–Kier alpha value is -2.47. The molecule has 22 heavy (non-hydrogen) atoms. The summed E-state index contributed by atoms with van der Waals surface area (Å²) in [6.07, 6.45) is 2.11. The summed E-state index contributed by atoms with van der Waals surface area (Å²) in [4.78, 5) is 33.0. The molecule has 0 saturated carbocycles. The Morgan fingerprint density at radius 2 is 2.09 bits per heavy atom. The maximum Gasteiger partial charge on any atom is 0.264 e. The number of nitrogens with zero attached hydrogens (tertiary/aromatic N) is 2. The summed E-state index contributed by atoms with van der Waals surface area (Å²) in [5.74, 6) is 0.150. The highest BCUT2D eigenvalue weighted by molar-refractivity contribution is 5.93. The second-order valence-corrected chi connectivity index (χ2v) is 5.64. The molecule has 1 saturated heterocycles. The van der Waals surface area contributed by atoms with Crippen molar-refractivity contribution in [3.63, 3.8) is 0 Å². The summed E-state index contributed by atoms with van der Waals surface area (Å²) < 4.78 is 0. The maximum atomic E-state index is 12.3. The van der Waals surface area contributed by atoms with Crippen LogP contribution < -0.4 is 11.3 Å². The van der Waals surface area contributed by atoms with Crippen LogP contribution in [-0.4, -0.2) is 39.9 Å². The number of aromatic nitrogens is 2. The number of nitrogens with two attached hydrogens (primary N) is 1. The van der Waals surface area contributed by atoms with Crippen LogP contribution in [0, 0.1) is 6.92 Å². The van der Waals surface area contributed by atoms with E-state index in [1.165, 1.54) is 6.20 Å². The first-order valence-corrected chi connectivity index (χ1v) is 7.26. The zero-order valence-corrected chi connectivity index (χ0v) is 12.4. The molecule has 0 spiro atoms. The predicted molar refractivity (Wildman–Crippen MR) is 83.5 cm³/mol. The summed E-state index contributed by atoms with van der Waals surface area (Å²) in [6, 6.07) is 7.64. The molecule has 114 valence electrons. The standard InChI is InChI=1S/C16H18N4O2/c1-10-2-4-11(5-3-10)14-18-8-13(15(21)19-14)16(22)20-7-6-12(17)9-20/h2-5,8,12H,6-7,9,17H2,1H3,(H,18,19,21). The Kier molecular flexibility index (Phi) is 3.77. The molecular weight excluding hydrogens is 280 g/mol. The molecule has 1 aromatic heterocycles. The van der Waals surface area contributed by atoms with Gasteiger partial charge < -0.3 is 15.6 Å². The van der Waals surface area contributed by atoms with Gasteiger partial charge in [-0.1, -0.05) is 29.8 Å². The van der Waals surface area contributed by atoms with Crippen LogP contribution in [0.3, 0.4) is 0 Å². The molecule has 2 heterocycles. The van der Waals surface area contributed by atoms with E-state index in [4.69, 9.17) is 5.73 Å². The van der Waals surface area contributed by atoms with E-state index >= 15 is 0 Å². The van der Waals surface area contributed by atoms with E-state index < -0.39 is 5.56 Å². The van der Waals surface area contributed by atoms with Crippen molar-refractivity contribution in [3.8, 4) is 11.4 Å². The molecule has 1 atom stereocenters. The van der Waals surface area contributed by atoms with Crippen LogP contribution in [0.15, 0.2) is 35.3 Å². The summed E-state index contributed by atoms with van der Waals surface area (Å²) in [5.41, 5.74) is 7.37. The Labute approximate surface area is 128 Å². The normalized spacial score (nSPS) is 17.7. The van der Waals surface area contributed by atoms with Crippen molar-refractivity contribution < 1.29 is 4.79 Å². The third-order valence-electron chi connectivity index (χ3n) is 3.87. The third-order valence-corrected chi connectivity index (χ3v) is 3.87. The summed E-state index contributed by atoms with van der Waals surface area (Å²) in [6.45, 7) is 3.06. The average molecular weight is 298 g/mol. The minimum Gasteiger partial charge on any atom is -0.337 e. The van der Waals surface area contributed by atoms with Crippen LogP contribution in [0.2, 0.25) is 0 Å². The lowest BCUT2D eigenvalue weighted by Crippen LogP contribution is -2.35. The van der Waals surface area contributed by atoms with Gasteiger partial charge in [-0.05, 0) is 13.3 Å². The van der Waals surface area contributed by atoms with Gasteiger partial charge in [0.25, 0.3) is 11.5 Å². The number of nitrogens with one attached hydrogen (secondary N) is 1. The zero-order valence-electron chi connectivity index (χ0n) is 12.4. The number of aryl methyl sites for hydroxylation is 1. The number of benzene rings is 1. The lowest BCUT2D eigenvalue weighted by molar-refractivity contribution is 0.0788. The number of likely N-dealkylation sites (tertiary alicyclic amines) is 1. The average Bonchev–Trinajstić information content (AvgIpc) is 2.94. The first-order chi connectivity index (χ1) is 10.5. The van der Waals surface area contributed by atoms with Crippen molar-refractivity contribution in [2.45, 2.75) is 19.4 Å². The fourth-order valence-corrected chi connectivity index (χ4v) is 2.55. The SMILES string of the molecule is Cc1ccc(-c2ncc(C(=O)N3CCC(N)C3)c(=O)[nH]2)cc1. The van der Waals surface area contributed by atoms with Crippen LogP contribution in [0.5, 0.6) is 0 Å². The minimum atomic E-state index is -0.420. The number of amides is 1. The lowest BCUT2D eigenvalue weighted by atomic mass is 10.1. The van der Waals surface area contributed by atoms with Gasteiger partial charge >= 0.3 is 0 Å². The molecule has 6 heteroatoms. The quantitative estimate of drug-likeness (QED) is 0.862. The highest BCUT2D eigenvalue weighted by Gasteiger charge is 2.26. The monoisotopic (exact) mass is 298 g/mol. The second kappa shape index (κ2) is 5.73. The van der Waals surface area contributed by atoms with Crippen LogP contribution in [-0.2, 0) is 0 Å². The number of hydrogen-bond donors (Lipinski definition) is 2. The van der Waals surface area contributed by atoms with E-state index in [0.717, 1.165) is 17.5 Å².